The number of nitrogen functional groups attached to an aromatic ring is 1. The maximum Gasteiger partial charge on any atom is 0.143 e. The van der Waals surface area contributed by atoms with Crippen LogP contribution in [0.4, 0.5) is 0 Å². The minimum Gasteiger partial charge on any atom is -0.456 e. The summed E-state index contributed by atoms with van der Waals surface area (Å²) in [5.74, 6) is 0.106. The van der Waals surface area contributed by atoms with Crippen LogP contribution in [0.25, 0.3) is 88.1 Å². The average molecular weight is 822 g/mol. The summed E-state index contributed by atoms with van der Waals surface area (Å²) in [6, 6.07) is 58.9. The number of furan rings is 3. The zero-order chi connectivity index (χ0) is 43.1. The molecule has 0 bridgehead atoms. The van der Waals surface area contributed by atoms with Crippen LogP contribution in [0.5, 0.6) is 0 Å². The lowest BCUT2D eigenvalue weighted by molar-refractivity contribution is 0.665. The molecule has 11 aromatic rings. The van der Waals surface area contributed by atoms with Crippen LogP contribution in [0, 0.1) is 12.3 Å². The Morgan fingerprint density at radius 1 is 0.492 bits per heavy atom. The summed E-state index contributed by atoms with van der Waals surface area (Å²) < 4.78 is 18.3. The number of nitrogens with two attached hydrogens (primary N) is 2. The Morgan fingerprint density at radius 3 is 1.60 bits per heavy atom. The van der Waals surface area contributed by atoms with Crippen molar-refractivity contribution in [1.82, 2.24) is 0 Å². The van der Waals surface area contributed by atoms with Gasteiger partial charge in [-0.05, 0) is 78.4 Å². The molecule has 6 heteroatoms. The second-order valence-electron chi connectivity index (χ2n) is 15.5. The van der Waals surface area contributed by atoms with Crippen molar-refractivity contribution in [3.8, 4) is 22.3 Å². The number of rotatable bonds is 4. The molecule has 0 spiro atoms. The molecular weight excluding hydrogens is 775 g/mol. The quantitative estimate of drug-likeness (QED) is 0.121. The van der Waals surface area contributed by atoms with Crippen molar-refractivity contribution < 1.29 is 13.3 Å². The number of nitrogens with one attached hydrogen (secondary N) is 1. The van der Waals surface area contributed by atoms with E-state index >= 15 is 0 Å². The molecule has 1 aliphatic carbocycles. The highest BCUT2D eigenvalue weighted by molar-refractivity contribution is 6.15. The van der Waals surface area contributed by atoms with Gasteiger partial charge in [-0.15, -0.1) is 0 Å². The summed E-state index contributed by atoms with van der Waals surface area (Å²) in [6.45, 7) is 2.60. The molecule has 12 rings (SSSR count). The van der Waals surface area contributed by atoms with E-state index < -0.39 is 0 Å². The van der Waals surface area contributed by atoms with E-state index in [1.807, 2.05) is 109 Å². The van der Waals surface area contributed by atoms with Crippen LogP contribution in [0.15, 0.2) is 213 Å². The fourth-order valence-corrected chi connectivity index (χ4v) is 8.17. The summed E-state index contributed by atoms with van der Waals surface area (Å²) in [5, 5.41) is 14.1. The summed E-state index contributed by atoms with van der Waals surface area (Å²) in [6.07, 6.45) is 11.0. The summed E-state index contributed by atoms with van der Waals surface area (Å²) in [4.78, 5) is 0. The predicted octanol–water partition coefficient (Wildman–Crippen LogP) is 15.0. The Kier molecular flexibility index (Phi) is 11.8. The molecule has 0 radical (unpaired) electrons. The molecule has 6 nitrogen and oxygen atoms in total. The lowest BCUT2D eigenvalue weighted by Crippen LogP contribution is -2.10. The maximum absolute atomic E-state index is 7.29. The van der Waals surface area contributed by atoms with Crippen LogP contribution in [0.3, 0.4) is 0 Å². The molecule has 0 fully saturated rings. The molecule has 0 atom stereocenters. The molecule has 0 aliphatic heterocycles. The Hall–Kier alpha value is -7.93. The van der Waals surface area contributed by atoms with Gasteiger partial charge in [-0.2, -0.15) is 0 Å². The topological polar surface area (TPSA) is 115 Å². The number of hydrogen-bond acceptors (Lipinski definition) is 5. The van der Waals surface area contributed by atoms with Crippen molar-refractivity contribution in [2.75, 3.05) is 0 Å². The van der Waals surface area contributed by atoms with Crippen LogP contribution in [0.2, 0.25) is 0 Å². The van der Waals surface area contributed by atoms with E-state index in [9.17, 15) is 0 Å². The maximum atomic E-state index is 7.29. The van der Waals surface area contributed by atoms with Crippen molar-refractivity contribution in [3.05, 3.63) is 217 Å². The zero-order valence-electron chi connectivity index (χ0n) is 35.1. The first kappa shape index (κ1) is 40.5. The number of para-hydroxylation sites is 4. The Balaban J connectivity index is 0.000000123. The zero-order valence-corrected chi connectivity index (χ0v) is 35.1. The van der Waals surface area contributed by atoms with Crippen LogP contribution in [-0.4, -0.2) is 5.84 Å². The molecular formula is C57H47N3O3. The first-order valence-corrected chi connectivity index (χ1v) is 21.2. The Labute approximate surface area is 365 Å². The molecule has 1 aliphatic rings. The van der Waals surface area contributed by atoms with Crippen molar-refractivity contribution >= 4 is 71.7 Å². The molecule has 5 N–H and O–H groups in total. The van der Waals surface area contributed by atoms with Gasteiger partial charge in [0.05, 0.1) is 0 Å². The number of benzene rings is 8. The number of amidine groups is 1. The van der Waals surface area contributed by atoms with Gasteiger partial charge in [0.15, 0.2) is 0 Å². The smallest absolute Gasteiger partial charge is 0.143 e. The van der Waals surface area contributed by atoms with E-state index in [4.69, 9.17) is 30.1 Å². The van der Waals surface area contributed by atoms with E-state index in [2.05, 4.69) is 98.0 Å². The second-order valence-corrected chi connectivity index (χ2v) is 15.5. The summed E-state index contributed by atoms with van der Waals surface area (Å²) >= 11 is 0. The van der Waals surface area contributed by atoms with Crippen LogP contribution < -0.4 is 11.5 Å². The molecule has 0 amide bonds. The minimum atomic E-state index is 0.106. The molecule has 3 aromatic heterocycles. The average Bonchev–Trinajstić information content (AvgIpc) is 4.04. The van der Waals surface area contributed by atoms with Gasteiger partial charge < -0.3 is 24.7 Å². The Bertz CT molecular complexity index is 3360. The van der Waals surface area contributed by atoms with Gasteiger partial charge in [-0.1, -0.05) is 164 Å². The van der Waals surface area contributed by atoms with Gasteiger partial charge in [0.2, 0.25) is 0 Å². The highest BCUT2D eigenvalue weighted by Crippen LogP contribution is 2.42. The summed E-state index contributed by atoms with van der Waals surface area (Å²) in [5.41, 5.74) is 24.3. The lowest BCUT2D eigenvalue weighted by atomic mass is 9.97. The normalized spacial score (nSPS) is 11.9. The first-order chi connectivity index (χ1) is 31.0. The molecule has 8 aromatic carbocycles. The van der Waals surface area contributed by atoms with Crippen molar-refractivity contribution in [1.29, 1.82) is 5.41 Å². The molecule has 0 saturated heterocycles. The molecule has 0 saturated carbocycles. The minimum absolute atomic E-state index is 0.106. The Morgan fingerprint density at radius 2 is 1.00 bits per heavy atom. The third-order valence-corrected chi connectivity index (χ3v) is 11.2. The third-order valence-electron chi connectivity index (χ3n) is 11.2. The largest absolute Gasteiger partial charge is 0.456 e. The summed E-state index contributed by atoms with van der Waals surface area (Å²) in [7, 11) is 0. The van der Waals surface area contributed by atoms with Crippen molar-refractivity contribution in [3.63, 3.8) is 0 Å². The van der Waals surface area contributed by atoms with Crippen LogP contribution >= 0.6 is 0 Å². The van der Waals surface area contributed by atoms with Gasteiger partial charge in [0.25, 0.3) is 0 Å². The molecule has 308 valence electrons. The molecule has 0 unspecified atom stereocenters. The van der Waals surface area contributed by atoms with Crippen molar-refractivity contribution in [2.45, 2.75) is 26.3 Å². The highest BCUT2D eigenvalue weighted by atomic mass is 16.3. The van der Waals surface area contributed by atoms with Gasteiger partial charge >= 0.3 is 0 Å². The number of allylic oxidation sites excluding steroid dienone is 4. The van der Waals surface area contributed by atoms with E-state index in [1.54, 1.807) is 0 Å². The third kappa shape index (κ3) is 8.53. The first-order valence-electron chi connectivity index (χ1n) is 21.2. The highest BCUT2D eigenvalue weighted by Gasteiger charge is 2.19. The van der Waals surface area contributed by atoms with Gasteiger partial charge in [0.1, 0.15) is 39.3 Å². The van der Waals surface area contributed by atoms with Crippen LogP contribution in [-0.2, 0) is 6.54 Å². The number of fused-ring (bicyclic) bond motifs is 9. The molecule has 63 heavy (non-hydrogen) atoms. The van der Waals surface area contributed by atoms with Crippen LogP contribution in [0.1, 0.15) is 29.5 Å². The van der Waals surface area contributed by atoms with E-state index in [1.165, 1.54) is 34.7 Å². The van der Waals surface area contributed by atoms with E-state index in [-0.39, 0.29) is 5.84 Å². The fraction of sp³-hybridized carbons (Fsp3) is 0.0702. The predicted molar refractivity (Wildman–Crippen MR) is 263 cm³/mol. The lowest BCUT2D eigenvalue weighted by Gasteiger charge is -2.06. The van der Waals surface area contributed by atoms with E-state index in [0.717, 1.165) is 82.9 Å². The second kappa shape index (κ2) is 18.4. The van der Waals surface area contributed by atoms with Gasteiger partial charge in [0, 0.05) is 55.6 Å². The monoisotopic (exact) mass is 821 g/mol. The number of hydrogen-bond donors (Lipinski definition) is 3. The fourth-order valence-electron chi connectivity index (χ4n) is 8.17. The van der Waals surface area contributed by atoms with Gasteiger partial charge in [-0.3, -0.25) is 5.41 Å². The van der Waals surface area contributed by atoms with Crippen molar-refractivity contribution in [2.24, 2.45) is 11.5 Å². The van der Waals surface area contributed by atoms with E-state index in [0.29, 0.717) is 6.54 Å². The van der Waals surface area contributed by atoms with Gasteiger partial charge in [-0.25, -0.2) is 0 Å². The number of aryl methyl sites for hydroxylation is 1. The SMILES string of the molecule is C1=CCCC=C1.Cc1cc(-c2cccc3c2oc2ccccc23)c2oc3cccc(CN)c3c2c1.N=C(N)c1ccc(-c2ccccc2)cc1.c1ccc2c(c1)oc1ccccc12. The molecule has 3 heterocycles. The standard InChI is InChI=1S/C26H19NO2.C13H12N2.C12H8O.C6H8/c1-15-12-20(26-21(13-15)24-16(14-27)6-4-11-23(24)29-26)19-9-5-8-18-17-7-2-3-10-22(17)28-25(18)19;14-13(15)12-8-6-11(7-9-12)10-4-2-1-3-5-10;1-3-7-11-9(5-1)10-6-2-4-8-12(10)13-11;1-2-4-6-5-3-1/h2-13H,14,27H2,1H3;1-9H,(H3,14,15);1-8H;1-4H,5-6H2.